The zero-order valence-corrected chi connectivity index (χ0v) is 5.32. The first-order chi connectivity index (χ1) is 5.39. The second-order valence-corrected chi connectivity index (χ2v) is 1.45. The van der Waals surface area contributed by atoms with Gasteiger partial charge in [0, 0.05) is 0 Å². The molecule has 0 spiro atoms. The minimum absolute atomic E-state index is 2.78. The first kappa shape index (κ1) is 11.6. The van der Waals surface area contributed by atoms with Crippen molar-refractivity contribution in [2.75, 3.05) is 0 Å². The number of ether oxygens (including phenoxy) is 1. The molecule has 0 aliphatic rings. The Hall–Kier alpha value is -0.400. The van der Waals surface area contributed by atoms with Gasteiger partial charge in [-0.3, -0.25) is 0 Å². The molecule has 0 fully saturated rings. The van der Waals surface area contributed by atoms with Crippen molar-refractivity contribution in [2.45, 2.75) is 12.3 Å². The van der Waals surface area contributed by atoms with Gasteiger partial charge in [0.15, 0.2) is 0 Å². The van der Waals surface area contributed by atoms with Crippen molar-refractivity contribution in [1.82, 2.24) is 0 Å². The summed E-state index contributed by atoms with van der Waals surface area (Å²) >= 11 is 0. The van der Waals surface area contributed by atoms with E-state index in [1.165, 1.54) is 0 Å². The van der Waals surface area contributed by atoms with Gasteiger partial charge in [0.1, 0.15) is 0 Å². The van der Waals surface area contributed by atoms with E-state index in [-0.39, 0.29) is 0 Å². The second kappa shape index (κ2) is 4.01. The maximum Gasteiger partial charge on any atom is 0.469 e. The van der Waals surface area contributed by atoms with Crippen molar-refractivity contribution < 1.29 is 50.5 Å². The van der Waals surface area contributed by atoms with E-state index < -0.39 is 12.3 Å². The number of rotatable bonds is 5. The predicted molar refractivity (Wildman–Crippen MR) is 24.3 cm³/mol. The van der Waals surface area contributed by atoms with E-state index in [2.05, 4.69) is 19.4 Å². The average Bonchev–Trinajstić information content (AvgIpc) is 2.04. The molecule has 0 aromatic rings. The highest BCUT2D eigenvalue weighted by Crippen LogP contribution is 2.15. The number of hydrogen-bond acceptors (Lipinski definition) is 10. The zero-order chi connectivity index (χ0) is 9.83. The van der Waals surface area contributed by atoms with Crippen LogP contribution in [-0.2, 0) is 19.4 Å². The fraction of sp³-hybridized carbons (Fsp3) is 1.00. The molecule has 0 heterocycles. The molecule has 0 rings (SSSR count). The third kappa shape index (κ3) is 3.33. The molecule has 10 heteroatoms. The molecule has 10 nitrogen and oxygen atoms in total. The molecule has 0 saturated carbocycles. The predicted octanol–water partition coefficient (Wildman–Crippen LogP) is -2.33. The minimum atomic E-state index is -3.74. The van der Waals surface area contributed by atoms with E-state index in [1.54, 1.807) is 0 Å². The molecular formula is C2H6O10. The van der Waals surface area contributed by atoms with Crippen molar-refractivity contribution in [3.8, 4) is 0 Å². The van der Waals surface area contributed by atoms with E-state index in [1.807, 2.05) is 0 Å². The lowest BCUT2D eigenvalue weighted by atomic mass is 11.0. The van der Waals surface area contributed by atoms with Crippen LogP contribution in [0.25, 0.3) is 0 Å². The van der Waals surface area contributed by atoms with Crippen LogP contribution in [0.4, 0.5) is 0 Å². The van der Waals surface area contributed by atoms with Crippen LogP contribution >= 0.6 is 0 Å². The Morgan fingerprint density at radius 1 is 0.750 bits per heavy atom. The van der Waals surface area contributed by atoms with Crippen LogP contribution in [0.3, 0.4) is 0 Å². The fourth-order valence-corrected chi connectivity index (χ4v) is 0.241. The molecule has 0 aromatic heterocycles. The SMILES string of the molecule is OOC(O)(O)OC(O)(OO)OO. The van der Waals surface area contributed by atoms with Gasteiger partial charge in [0.2, 0.25) is 0 Å². The summed E-state index contributed by atoms with van der Waals surface area (Å²) in [7, 11) is 0. The molecule has 0 unspecified atom stereocenters. The Kier molecular flexibility index (Phi) is 3.88. The summed E-state index contributed by atoms with van der Waals surface area (Å²) in [6.07, 6.45) is -7.34. The minimum Gasteiger partial charge on any atom is -0.317 e. The highest BCUT2D eigenvalue weighted by atomic mass is 17.3. The van der Waals surface area contributed by atoms with E-state index in [4.69, 9.17) is 31.1 Å². The monoisotopic (exact) mass is 190 g/mol. The maximum atomic E-state index is 8.42. The van der Waals surface area contributed by atoms with Crippen LogP contribution < -0.4 is 0 Å². The zero-order valence-electron chi connectivity index (χ0n) is 5.32. The van der Waals surface area contributed by atoms with Gasteiger partial charge < -0.3 is 15.3 Å². The molecule has 0 saturated heterocycles. The van der Waals surface area contributed by atoms with Gasteiger partial charge in [-0.25, -0.2) is 20.5 Å². The van der Waals surface area contributed by atoms with Gasteiger partial charge in [-0.05, 0) is 0 Å². The van der Waals surface area contributed by atoms with Crippen LogP contribution in [-0.4, -0.2) is 43.4 Å². The molecule has 0 aliphatic carbocycles. The quantitative estimate of drug-likeness (QED) is 0.158. The van der Waals surface area contributed by atoms with Crippen molar-refractivity contribution in [3.63, 3.8) is 0 Å². The number of aliphatic hydroxyl groups is 3. The van der Waals surface area contributed by atoms with Crippen molar-refractivity contribution in [2.24, 2.45) is 0 Å². The first-order valence-electron chi connectivity index (χ1n) is 2.24. The highest BCUT2D eigenvalue weighted by Gasteiger charge is 2.44. The van der Waals surface area contributed by atoms with Crippen molar-refractivity contribution in [3.05, 3.63) is 0 Å². The van der Waals surface area contributed by atoms with Crippen LogP contribution in [0.5, 0.6) is 0 Å². The molecule has 0 aliphatic heterocycles. The first-order valence-corrected chi connectivity index (χ1v) is 2.24. The van der Waals surface area contributed by atoms with E-state index in [0.717, 1.165) is 0 Å². The van der Waals surface area contributed by atoms with Gasteiger partial charge in [-0.15, -0.1) is 14.7 Å². The highest BCUT2D eigenvalue weighted by molar-refractivity contribution is 4.30. The van der Waals surface area contributed by atoms with Gasteiger partial charge in [-0.1, -0.05) is 0 Å². The summed E-state index contributed by atoms with van der Waals surface area (Å²) in [5.74, 6) is 0. The van der Waals surface area contributed by atoms with Gasteiger partial charge >= 0.3 is 12.3 Å². The van der Waals surface area contributed by atoms with E-state index >= 15 is 0 Å². The smallest absolute Gasteiger partial charge is 0.317 e. The number of hydrogen-bond donors (Lipinski definition) is 6. The van der Waals surface area contributed by atoms with Gasteiger partial charge in [0.25, 0.3) is 0 Å². The summed E-state index contributed by atoms with van der Waals surface area (Å²) in [6, 6.07) is 0. The fourth-order valence-electron chi connectivity index (χ4n) is 0.241. The lowest BCUT2D eigenvalue weighted by Crippen LogP contribution is -2.48. The van der Waals surface area contributed by atoms with Crippen LogP contribution in [0.1, 0.15) is 0 Å². The molecule has 0 atom stereocenters. The van der Waals surface area contributed by atoms with Crippen molar-refractivity contribution in [1.29, 1.82) is 0 Å². The summed E-state index contributed by atoms with van der Waals surface area (Å²) in [5.41, 5.74) is 0. The Labute approximate surface area is 64.1 Å². The summed E-state index contributed by atoms with van der Waals surface area (Å²) in [4.78, 5) is 8.53. The van der Waals surface area contributed by atoms with E-state index in [9.17, 15) is 0 Å². The molecule has 74 valence electrons. The van der Waals surface area contributed by atoms with Gasteiger partial charge in [-0.2, -0.15) is 0 Å². The second-order valence-electron chi connectivity index (χ2n) is 1.45. The molecule has 12 heavy (non-hydrogen) atoms. The standard InChI is InChI=1S/C2H6O10/c3-1(4,10-6)9-2(5,11-7)12-8/h3-8H. The maximum absolute atomic E-state index is 8.42. The molecule has 0 amide bonds. The van der Waals surface area contributed by atoms with Crippen LogP contribution in [0, 0.1) is 0 Å². The third-order valence-electron chi connectivity index (χ3n) is 0.612. The third-order valence-corrected chi connectivity index (χ3v) is 0.612. The lowest BCUT2D eigenvalue weighted by molar-refractivity contribution is -0.702. The summed E-state index contributed by atoms with van der Waals surface area (Å²) < 4.78 is 3.32. The molecule has 6 N–H and O–H groups in total. The summed E-state index contributed by atoms with van der Waals surface area (Å²) in [5, 5.41) is 48.0. The topological polar surface area (TPSA) is 158 Å². The Morgan fingerprint density at radius 2 is 1.17 bits per heavy atom. The molecule has 0 bridgehead atoms. The largest absolute Gasteiger partial charge is 0.469 e. The molecule has 0 radical (unpaired) electrons. The Balaban J connectivity index is 4.20. The molecular weight excluding hydrogens is 184 g/mol. The average molecular weight is 190 g/mol. The van der Waals surface area contributed by atoms with Crippen LogP contribution in [0.2, 0.25) is 0 Å². The Bertz CT molecular complexity index is 126. The summed E-state index contributed by atoms with van der Waals surface area (Å²) in [6.45, 7) is 0. The lowest BCUT2D eigenvalue weighted by Gasteiger charge is -2.24. The molecule has 0 aromatic carbocycles. The van der Waals surface area contributed by atoms with Crippen LogP contribution in [0.15, 0.2) is 0 Å². The van der Waals surface area contributed by atoms with Gasteiger partial charge in [0.05, 0.1) is 0 Å². The van der Waals surface area contributed by atoms with Crippen molar-refractivity contribution >= 4 is 0 Å². The van der Waals surface area contributed by atoms with E-state index in [0.29, 0.717) is 0 Å². The Morgan fingerprint density at radius 3 is 1.42 bits per heavy atom. The normalized spacial score (nSPS) is 13.5.